The van der Waals surface area contributed by atoms with Gasteiger partial charge in [0.1, 0.15) is 0 Å². The first-order chi connectivity index (χ1) is 41.0. The van der Waals surface area contributed by atoms with E-state index in [1.54, 1.807) is 0 Å². The highest BCUT2D eigenvalue weighted by Crippen LogP contribution is 2.53. The molecule has 0 atom stereocenters. The number of halogens is 1. The van der Waals surface area contributed by atoms with Crippen LogP contribution in [0.2, 0.25) is 5.02 Å². The Hall–Kier alpha value is -9.21. The largest absolute Gasteiger partial charge is 0.309 e. The molecule has 0 saturated heterocycles. The maximum atomic E-state index is 8.50. The van der Waals surface area contributed by atoms with Gasteiger partial charge in [-0.05, 0) is 181 Å². The van der Waals surface area contributed by atoms with Gasteiger partial charge in [0.05, 0.1) is 16.4 Å². The van der Waals surface area contributed by atoms with Crippen molar-refractivity contribution in [2.45, 2.75) is 78.6 Å². The average molecular weight is 1120 g/mol. The molecule has 0 saturated carbocycles. The number of fused-ring (bicyclic) bond motifs is 4. The predicted octanol–water partition coefficient (Wildman–Crippen LogP) is 24.5. The SMILES string of the molecule is CC(C)(C)c1ccc(N(c2ccc3c(-c4ccccc4)c4ccccc4c(-c4ccccc4)c3c2)c2cc(C(C)(C)C)cc(N(c3ccc(C(C)(C)C)cc3)c3ccc4c(-c5ccccc5)c5ccccc5c(-c5ccccc5)c4c3)c2Cl)cc1. The average Bonchev–Trinajstić information content (AvgIpc) is 1.68. The minimum atomic E-state index is -0.293. The Kier molecular flexibility index (Phi) is 14.1. The van der Waals surface area contributed by atoms with Crippen LogP contribution in [0.15, 0.2) is 267 Å². The lowest BCUT2D eigenvalue weighted by Crippen LogP contribution is -2.19. The van der Waals surface area contributed by atoms with Crippen molar-refractivity contribution in [3.05, 3.63) is 289 Å². The highest BCUT2D eigenvalue weighted by atomic mass is 35.5. The number of nitrogens with zero attached hydrogens (tertiary/aromatic N) is 2. The van der Waals surface area contributed by atoms with E-state index in [-0.39, 0.29) is 16.2 Å². The van der Waals surface area contributed by atoms with Crippen LogP contribution in [0.5, 0.6) is 0 Å². The van der Waals surface area contributed by atoms with E-state index in [4.69, 9.17) is 11.6 Å². The van der Waals surface area contributed by atoms with Gasteiger partial charge in [0, 0.05) is 22.7 Å². The Morgan fingerprint density at radius 3 is 0.765 bits per heavy atom. The number of hydrogen-bond donors (Lipinski definition) is 0. The summed E-state index contributed by atoms with van der Waals surface area (Å²) in [6.07, 6.45) is 0. The third-order valence-electron chi connectivity index (χ3n) is 17.1. The number of anilines is 6. The summed E-state index contributed by atoms with van der Waals surface area (Å²) in [7, 11) is 0. The summed E-state index contributed by atoms with van der Waals surface area (Å²) in [5, 5.41) is 10.2. The molecule has 2 nitrogen and oxygen atoms in total. The molecule has 0 aromatic heterocycles. The molecule has 85 heavy (non-hydrogen) atoms. The van der Waals surface area contributed by atoms with Gasteiger partial charge in [0.25, 0.3) is 0 Å². The van der Waals surface area contributed by atoms with E-state index < -0.39 is 0 Å². The van der Waals surface area contributed by atoms with Crippen LogP contribution in [0.4, 0.5) is 34.1 Å². The number of hydrogen-bond acceptors (Lipinski definition) is 2. The van der Waals surface area contributed by atoms with Crippen molar-refractivity contribution >= 4 is 88.8 Å². The van der Waals surface area contributed by atoms with Gasteiger partial charge < -0.3 is 9.80 Å². The molecule has 13 aromatic carbocycles. The Morgan fingerprint density at radius 2 is 0.482 bits per heavy atom. The molecule has 0 heterocycles. The minimum absolute atomic E-state index is 0.0554. The quantitative estimate of drug-likeness (QED) is 0.126. The van der Waals surface area contributed by atoms with Gasteiger partial charge in [0.2, 0.25) is 0 Å². The first-order valence-corrected chi connectivity index (χ1v) is 30.2. The summed E-state index contributed by atoms with van der Waals surface area (Å²) in [5.41, 5.74) is 18.6. The summed E-state index contributed by atoms with van der Waals surface area (Å²) in [4.78, 5) is 4.82. The molecular weight excluding hydrogens is 1050 g/mol. The van der Waals surface area contributed by atoms with Crippen molar-refractivity contribution in [2.24, 2.45) is 0 Å². The van der Waals surface area contributed by atoms with Crippen molar-refractivity contribution in [1.29, 1.82) is 0 Å². The summed E-state index contributed by atoms with van der Waals surface area (Å²) < 4.78 is 0. The van der Waals surface area contributed by atoms with Crippen LogP contribution in [-0.2, 0) is 16.2 Å². The lowest BCUT2D eigenvalue weighted by molar-refractivity contribution is 0.589. The Balaban J connectivity index is 1.12. The fourth-order valence-corrected chi connectivity index (χ4v) is 13.0. The first kappa shape index (κ1) is 55.0. The van der Waals surface area contributed by atoms with Crippen LogP contribution >= 0.6 is 11.6 Å². The molecule has 0 aliphatic heterocycles. The van der Waals surface area contributed by atoms with Crippen molar-refractivity contribution < 1.29 is 0 Å². The molecule has 0 aliphatic carbocycles. The normalized spacial score (nSPS) is 12.1. The summed E-state index contributed by atoms with van der Waals surface area (Å²) in [6.45, 7) is 20.6. The van der Waals surface area contributed by atoms with Crippen molar-refractivity contribution in [1.82, 2.24) is 0 Å². The molecule has 0 fully saturated rings. The Bertz CT molecular complexity index is 4320. The molecule has 0 spiro atoms. The van der Waals surface area contributed by atoms with Crippen molar-refractivity contribution in [3.63, 3.8) is 0 Å². The molecule has 0 N–H and O–H groups in total. The van der Waals surface area contributed by atoms with E-state index in [1.807, 2.05) is 0 Å². The van der Waals surface area contributed by atoms with Crippen LogP contribution in [0.1, 0.15) is 79.0 Å². The summed E-state index contributed by atoms with van der Waals surface area (Å²) >= 11 is 8.50. The number of rotatable bonds is 10. The predicted molar refractivity (Wildman–Crippen MR) is 369 cm³/mol. The molecule has 0 aliphatic rings. The zero-order valence-electron chi connectivity index (χ0n) is 50.2. The second-order valence-electron chi connectivity index (χ2n) is 25.9. The lowest BCUT2D eigenvalue weighted by atomic mass is 9.85. The standard InChI is InChI=1S/C82H71ClN2/c1-80(2,3)58-38-42-61(43-39-58)84(63-46-48-69-71(52-63)77(56-30-18-12-19-31-56)67-36-24-22-34-65(67)75(69)54-26-14-10-15-27-54)73-50-60(82(7,8)9)51-74(79(73)83)85(62-44-40-59(41-45-62)81(4,5)6)64-47-49-70-72(53-64)78(57-32-20-13-21-33-57)68-37-25-23-35-66(68)76(70)55-28-16-11-17-29-55/h10-53H,1-9H3. The minimum Gasteiger partial charge on any atom is -0.309 e. The third kappa shape index (κ3) is 10.2. The second-order valence-corrected chi connectivity index (χ2v) is 26.2. The van der Waals surface area contributed by atoms with E-state index in [0.717, 1.165) is 50.5 Å². The van der Waals surface area contributed by atoms with Gasteiger partial charge in [-0.15, -0.1) is 0 Å². The van der Waals surface area contributed by atoms with Gasteiger partial charge in [-0.3, -0.25) is 0 Å². The maximum Gasteiger partial charge on any atom is 0.0887 e. The molecule has 3 heteroatoms. The maximum absolute atomic E-state index is 8.50. The van der Waals surface area contributed by atoms with E-state index in [9.17, 15) is 0 Å². The molecule has 0 radical (unpaired) electrons. The van der Waals surface area contributed by atoms with Crippen LogP contribution in [0.3, 0.4) is 0 Å². The second kappa shape index (κ2) is 21.8. The lowest BCUT2D eigenvalue weighted by Gasteiger charge is -2.34. The van der Waals surface area contributed by atoms with Gasteiger partial charge in [-0.25, -0.2) is 0 Å². The first-order valence-electron chi connectivity index (χ1n) is 29.9. The molecule has 13 aromatic rings. The smallest absolute Gasteiger partial charge is 0.0887 e. The van der Waals surface area contributed by atoms with E-state index >= 15 is 0 Å². The molecule has 0 amide bonds. The fourth-order valence-electron chi connectivity index (χ4n) is 12.7. The molecule has 416 valence electrons. The molecule has 0 bridgehead atoms. The van der Waals surface area contributed by atoms with E-state index in [0.29, 0.717) is 5.02 Å². The van der Waals surface area contributed by atoms with Gasteiger partial charge in [-0.1, -0.05) is 280 Å². The summed E-state index contributed by atoms with van der Waals surface area (Å²) in [6, 6.07) is 98.5. The van der Waals surface area contributed by atoms with Crippen molar-refractivity contribution in [2.75, 3.05) is 9.80 Å². The zero-order chi connectivity index (χ0) is 58.8. The van der Waals surface area contributed by atoms with Gasteiger partial charge >= 0.3 is 0 Å². The highest BCUT2D eigenvalue weighted by molar-refractivity contribution is 6.37. The van der Waals surface area contributed by atoms with Crippen LogP contribution in [0.25, 0.3) is 87.6 Å². The van der Waals surface area contributed by atoms with Gasteiger partial charge in [0.15, 0.2) is 0 Å². The monoisotopic (exact) mass is 1120 g/mol. The zero-order valence-corrected chi connectivity index (χ0v) is 50.9. The molecule has 0 unspecified atom stereocenters. The third-order valence-corrected chi connectivity index (χ3v) is 17.5. The van der Waals surface area contributed by atoms with Crippen LogP contribution in [0, 0.1) is 0 Å². The Labute approximate surface area is 507 Å². The van der Waals surface area contributed by atoms with Crippen LogP contribution in [-0.4, -0.2) is 0 Å². The highest BCUT2D eigenvalue weighted by Gasteiger charge is 2.30. The summed E-state index contributed by atoms with van der Waals surface area (Å²) in [5.74, 6) is 0. The number of benzene rings is 13. The van der Waals surface area contributed by atoms with Gasteiger partial charge in [-0.2, -0.15) is 0 Å². The van der Waals surface area contributed by atoms with E-state index in [2.05, 4.69) is 339 Å². The van der Waals surface area contributed by atoms with E-state index in [1.165, 1.54) is 88.0 Å². The Morgan fingerprint density at radius 1 is 0.235 bits per heavy atom. The topological polar surface area (TPSA) is 6.48 Å². The molecular formula is C82H71ClN2. The fraction of sp³-hybridized carbons (Fsp3) is 0.146. The van der Waals surface area contributed by atoms with Crippen LogP contribution < -0.4 is 9.80 Å². The van der Waals surface area contributed by atoms with Crippen molar-refractivity contribution in [3.8, 4) is 44.5 Å². The molecule has 13 rings (SSSR count).